The van der Waals surface area contributed by atoms with Crippen molar-refractivity contribution in [3.05, 3.63) is 88.9 Å². The highest BCUT2D eigenvalue weighted by Crippen LogP contribution is 2.37. The van der Waals surface area contributed by atoms with Gasteiger partial charge < -0.3 is 19.2 Å². The molecule has 0 aliphatic carbocycles. The second-order valence-corrected chi connectivity index (χ2v) is 10.7. The van der Waals surface area contributed by atoms with Crippen molar-refractivity contribution >= 4 is 17.7 Å². The summed E-state index contributed by atoms with van der Waals surface area (Å²) in [5.74, 6) is 0.482. The van der Waals surface area contributed by atoms with Gasteiger partial charge in [-0.2, -0.15) is 31.3 Å². The topological polar surface area (TPSA) is 78.6 Å². The molecule has 4 aromatic rings. The fourth-order valence-electron chi connectivity index (χ4n) is 5.32. The number of carbonyl (C=O) groups is 1. The Labute approximate surface area is 248 Å². The zero-order valence-electron chi connectivity index (χ0n) is 23.9. The summed E-state index contributed by atoms with van der Waals surface area (Å²) in [6.07, 6.45) is -7.33. The van der Waals surface area contributed by atoms with Gasteiger partial charge in [0.1, 0.15) is 5.82 Å². The number of hydrogen-bond acceptors (Lipinski definition) is 7. The molecule has 44 heavy (non-hydrogen) atoms. The second kappa shape index (κ2) is 11.8. The van der Waals surface area contributed by atoms with Crippen LogP contribution in [0.15, 0.2) is 65.6 Å². The largest absolute Gasteiger partial charge is 0.416 e. The Morgan fingerprint density at radius 1 is 0.977 bits per heavy atom. The maximum Gasteiger partial charge on any atom is 0.416 e. The molecule has 0 radical (unpaired) electrons. The summed E-state index contributed by atoms with van der Waals surface area (Å²) in [6, 6.07) is 10.5. The lowest BCUT2D eigenvalue weighted by Gasteiger charge is -2.40. The van der Waals surface area contributed by atoms with E-state index in [0.29, 0.717) is 49.1 Å². The molecule has 2 aromatic carbocycles. The number of piperazine rings is 1. The fraction of sp³-hybridized carbons (Fsp3) is 0.333. The number of amides is 1. The molecular weight excluding hydrogens is 590 g/mol. The molecule has 5 rings (SSSR count). The van der Waals surface area contributed by atoms with Gasteiger partial charge in [-0.05, 0) is 65.5 Å². The number of benzene rings is 2. The van der Waals surface area contributed by atoms with Crippen molar-refractivity contribution in [2.75, 3.05) is 36.5 Å². The maximum absolute atomic E-state index is 13.7. The van der Waals surface area contributed by atoms with E-state index in [-0.39, 0.29) is 23.2 Å². The van der Waals surface area contributed by atoms with E-state index in [1.807, 2.05) is 43.0 Å². The number of aryl methyl sites for hydroxylation is 1. The van der Waals surface area contributed by atoms with E-state index < -0.39 is 35.9 Å². The Kier molecular flexibility index (Phi) is 8.28. The third kappa shape index (κ3) is 6.48. The van der Waals surface area contributed by atoms with E-state index in [9.17, 15) is 31.1 Å². The highest BCUT2D eigenvalue weighted by atomic mass is 19.4. The molecule has 1 aliphatic rings. The zero-order chi connectivity index (χ0) is 31.8. The lowest BCUT2D eigenvalue weighted by molar-refractivity contribution is -0.143. The van der Waals surface area contributed by atoms with Crippen molar-refractivity contribution in [1.29, 1.82) is 0 Å². The van der Waals surface area contributed by atoms with Crippen molar-refractivity contribution < 1.29 is 35.7 Å². The number of rotatable bonds is 6. The van der Waals surface area contributed by atoms with Gasteiger partial charge in [0.05, 0.1) is 16.7 Å². The molecule has 0 bridgehead atoms. The first-order valence-corrected chi connectivity index (χ1v) is 13.6. The molecule has 8 nitrogen and oxygen atoms in total. The number of anilines is 2. The summed E-state index contributed by atoms with van der Waals surface area (Å²) in [6.45, 7) is 5.14. The number of halogens is 6. The predicted molar refractivity (Wildman–Crippen MR) is 150 cm³/mol. The summed E-state index contributed by atoms with van der Waals surface area (Å²) in [5.41, 5.74) is -0.886. The number of alkyl halides is 6. The molecule has 1 aliphatic heterocycles. The lowest BCUT2D eigenvalue weighted by atomic mass is 9.96. The highest BCUT2D eigenvalue weighted by Gasteiger charge is 2.37. The highest BCUT2D eigenvalue weighted by molar-refractivity contribution is 6.01. The molecule has 14 heteroatoms. The van der Waals surface area contributed by atoms with Gasteiger partial charge in [0.25, 0.3) is 11.9 Å². The van der Waals surface area contributed by atoms with Crippen LogP contribution < -0.4 is 9.80 Å². The molecule has 2 aromatic heterocycles. The Morgan fingerprint density at radius 2 is 1.66 bits per heavy atom. The standard InChI is InChI=1S/C30H28F6N6O2/c1-18-6-4-5-7-23(18)24-13-26(42-9-8-41(15-19(42)2)28-38-17-44-39-28)37-14-25(24)27(43)40(3)16-20-10-21(29(31,32)33)12-22(11-20)30(34,35)36/h4-7,10-14,17,19H,8-9,15-16H2,1-3H3. The van der Waals surface area contributed by atoms with Gasteiger partial charge in [0, 0.05) is 45.5 Å². The SMILES string of the molecule is Cc1ccccc1-c1cc(N2CCN(c3ncon3)CC2C)ncc1C(=O)N(C)Cc1cc(C(F)(F)F)cc(C(F)(F)F)c1. The van der Waals surface area contributed by atoms with Gasteiger partial charge in [0.2, 0.25) is 6.39 Å². The van der Waals surface area contributed by atoms with Gasteiger partial charge in [-0.1, -0.05) is 24.3 Å². The molecular formula is C30H28F6N6O2. The normalized spacial score (nSPS) is 15.9. The zero-order valence-corrected chi connectivity index (χ0v) is 23.9. The third-order valence-electron chi connectivity index (χ3n) is 7.52. The minimum absolute atomic E-state index is 0.0209. The van der Waals surface area contributed by atoms with Crippen LogP contribution in [-0.2, 0) is 18.9 Å². The van der Waals surface area contributed by atoms with Gasteiger partial charge >= 0.3 is 12.4 Å². The van der Waals surface area contributed by atoms with Gasteiger partial charge in [-0.25, -0.2) is 4.98 Å². The van der Waals surface area contributed by atoms with Crippen LogP contribution in [0.1, 0.15) is 39.5 Å². The molecule has 1 unspecified atom stereocenters. The van der Waals surface area contributed by atoms with Crippen molar-refractivity contribution in [3.63, 3.8) is 0 Å². The first kappa shape index (κ1) is 30.8. The summed E-state index contributed by atoms with van der Waals surface area (Å²) in [5, 5.41) is 3.90. The monoisotopic (exact) mass is 618 g/mol. The minimum atomic E-state index is -5.00. The molecule has 1 fully saturated rings. The Balaban J connectivity index is 1.47. The number of carbonyl (C=O) groups excluding carboxylic acids is 1. The summed E-state index contributed by atoms with van der Waals surface area (Å²) in [4.78, 5) is 27.6. The Hall–Kier alpha value is -4.62. The van der Waals surface area contributed by atoms with Crippen molar-refractivity contribution in [1.82, 2.24) is 20.0 Å². The first-order chi connectivity index (χ1) is 20.7. The number of pyridine rings is 1. The molecule has 1 saturated heterocycles. The van der Waals surface area contributed by atoms with Crippen LogP contribution >= 0.6 is 0 Å². The number of hydrogen-bond donors (Lipinski definition) is 0. The third-order valence-corrected chi connectivity index (χ3v) is 7.52. The number of nitrogens with zero attached hydrogens (tertiary/aromatic N) is 6. The van der Waals surface area contributed by atoms with E-state index >= 15 is 0 Å². The lowest BCUT2D eigenvalue weighted by Crippen LogP contribution is -2.52. The maximum atomic E-state index is 13.7. The van der Waals surface area contributed by atoms with E-state index in [1.165, 1.54) is 19.6 Å². The van der Waals surface area contributed by atoms with E-state index in [4.69, 9.17) is 4.52 Å². The van der Waals surface area contributed by atoms with Crippen LogP contribution in [0.4, 0.5) is 38.1 Å². The fourth-order valence-corrected chi connectivity index (χ4v) is 5.32. The van der Waals surface area contributed by atoms with Crippen LogP contribution in [-0.4, -0.2) is 58.7 Å². The van der Waals surface area contributed by atoms with Crippen molar-refractivity contribution in [2.24, 2.45) is 0 Å². The van der Waals surface area contributed by atoms with Crippen LogP contribution in [0.3, 0.4) is 0 Å². The van der Waals surface area contributed by atoms with Crippen LogP contribution in [0.5, 0.6) is 0 Å². The molecule has 0 saturated carbocycles. The second-order valence-electron chi connectivity index (χ2n) is 10.7. The van der Waals surface area contributed by atoms with Gasteiger partial charge in [-0.3, -0.25) is 4.79 Å². The molecule has 1 atom stereocenters. The Bertz CT molecular complexity index is 1610. The van der Waals surface area contributed by atoms with E-state index in [0.717, 1.165) is 16.0 Å². The smallest absolute Gasteiger partial charge is 0.350 e. The molecule has 1 amide bonds. The van der Waals surface area contributed by atoms with Crippen molar-refractivity contribution in [2.45, 2.75) is 38.8 Å². The van der Waals surface area contributed by atoms with E-state index in [2.05, 4.69) is 20.0 Å². The van der Waals surface area contributed by atoms with Crippen LogP contribution in [0, 0.1) is 6.92 Å². The summed E-state index contributed by atoms with van der Waals surface area (Å²) < 4.78 is 85.3. The summed E-state index contributed by atoms with van der Waals surface area (Å²) >= 11 is 0. The van der Waals surface area contributed by atoms with Gasteiger partial charge in [-0.15, -0.1) is 0 Å². The minimum Gasteiger partial charge on any atom is -0.350 e. The van der Waals surface area contributed by atoms with Crippen LogP contribution in [0.2, 0.25) is 0 Å². The first-order valence-electron chi connectivity index (χ1n) is 13.6. The summed E-state index contributed by atoms with van der Waals surface area (Å²) in [7, 11) is 1.32. The van der Waals surface area contributed by atoms with Crippen LogP contribution in [0.25, 0.3) is 11.1 Å². The predicted octanol–water partition coefficient (Wildman–Crippen LogP) is 6.46. The Morgan fingerprint density at radius 3 is 2.25 bits per heavy atom. The molecule has 0 N–H and O–H groups in total. The quantitative estimate of drug-likeness (QED) is 0.230. The molecule has 232 valence electrons. The van der Waals surface area contributed by atoms with Gasteiger partial charge in [0.15, 0.2) is 0 Å². The number of aromatic nitrogens is 3. The average molecular weight is 619 g/mol. The van der Waals surface area contributed by atoms with E-state index in [1.54, 1.807) is 6.07 Å². The average Bonchev–Trinajstić information content (AvgIpc) is 3.51. The molecule has 0 spiro atoms. The molecule has 3 heterocycles. The van der Waals surface area contributed by atoms with Crippen molar-refractivity contribution in [3.8, 4) is 11.1 Å².